The third-order valence-corrected chi connectivity index (χ3v) is 4.49. The smallest absolute Gasteiger partial charge is 0.0364 e. The highest BCUT2D eigenvalue weighted by molar-refractivity contribution is 7.10. The van der Waals surface area contributed by atoms with Crippen molar-refractivity contribution in [3.8, 4) is 0 Å². The standard InChI is InChI=1S/C11H15NOS/c13-12-8-3-4-11-9(5-8)10(6-14-11)7-1-2-7/h6-8,12-13H,1-5H2. The van der Waals surface area contributed by atoms with Crippen LogP contribution in [0.5, 0.6) is 0 Å². The van der Waals surface area contributed by atoms with Gasteiger partial charge in [-0.15, -0.1) is 11.3 Å². The zero-order valence-electron chi connectivity index (χ0n) is 8.12. The van der Waals surface area contributed by atoms with Gasteiger partial charge in [-0.1, -0.05) is 0 Å². The van der Waals surface area contributed by atoms with Crippen molar-refractivity contribution in [1.82, 2.24) is 5.48 Å². The van der Waals surface area contributed by atoms with Crippen molar-refractivity contribution in [2.75, 3.05) is 0 Å². The number of hydrogen-bond donors (Lipinski definition) is 2. The molecular weight excluding hydrogens is 194 g/mol. The van der Waals surface area contributed by atoms with E-state index in [0.29, 0.717) is 0 Å². The summed E-state index contributed by atoms with van der Waals surface area (Å²) < 4.78 is 0. The number of aryl methyl sites for hydroxylation is 1. The Morgan fingerprint density at radius 1 is 1.36 bits per heavy atom. The number of nitrogens with one attached hydrogen (secondary N) is 1. The second kappa shape index (κ2) is 3.33. The van der Waals surface area contributed by atoms with Gasteiger partial charge in [0.25, 0.3) is 0 Å². The normalized spacial score (nSPS) is 26.2. The van der Waals surface area contributed by atoms with Gasteiger partial charge >= 0.3 is 0 Å². The molecule has 2 N–H and O–H groups in total. The molecule has 1 fully saturated rings. The summed E-state index contributed by atoms with van der Waals surface area (Å²) in [7, 11) is 0. The Balaban J connectivity index is 1.91. The number of thiophene rings is 1. The molecule has 0 radical (unpaired) electrons. The first-order chi connectivity index (χ1) is 6.88. The topological polar surface area (TPSA) is 32.3 Å². The lowest BCUT2D eigenvalue weighted by atomic mass is 9.91. The highest BCUT2D eigenvalue weighted by atomic mass is 32.1. The maximum Gasteiger partial charge on any atom is 0.0364 e. The van der Waals surface area contributed by atoms with Crippen molar-refractivity contribution >= 4 is 11.3 Å². The van der Waals surface area contributed by atoms with E-state index in [0.717, 1.165) is 25.2 Å². The highest BCUT2D eigenvalue weighted by Gasteiger charge is 2.30. The lowest BCUT2D eigenvalue weighted by Gasteiger charge is -2.21. The lowest BCUT2D eigenvalue weighted by Crippen LogP contribution is -2.31. The van der Waals surface area contributed by atoms with E-state index in [-0.39, 0.29) is 6.04 Å². The number of rotatable bonds is 2. The fourth-order valence-corrected chi connectivity index (χ4v) is 3.56. The Labute approximate surface area is 87.9 Å². The van der Waals surface area contributed by atoms with Gasteiger partial charge in [0.15, 0.2) is 0 Å². The molecule has 0 aromatic carbocycles. The monoisotopic (exact) mass is 209 g/mol. The Bertz CT molecular complexity index is 343. The van der Waals surface area contributed by atoms with Crippen LogP contribution in [0.15, 0.2) is 5.38 Å². The number of hydroxylamine groups is 1. The van der Waals surface area contributed by atoms with Crippen molar-refractivity contribution < 1.29 is 5.21 Å². The van der Waals surface area contributed by atoms with E-state index in [9.17, 15) is 0 Å². The van der Waals surface area contributed by atoms with Crippen LogP contribution in [0.2, 0.25) is 0 Å². The zero-order valence-corrected chi connectivity index (χ0v) is 8.94. The Hall–Kier alpha value is -0.380. The highest BCUT2D eigenvalue weighted by Crippen LogP contribution is 2.45. The zero-order chi connectivity index (χ0) is 9.54. The van der Waals surface area contributed by atoms with Gasteiger partial charge in [0, 0.05) is 10.9 Å². The molecule has 1 unspecified atom stereocenters. The average molecular weight is 209 g/mol. The minimum absolute atomic E-state index is 0.287. The molecule has 0 amide bonds. The molecule has 2 aliphatic rings. The quantitative estimate of drug-likeness (QED) is 0.733. The van der Waals surface area contributed by atoms with E-state index < -0.39 is 0 Å². The van der Waals surface area contributed by atoms with Gasteiger partial charge in [0.05, 0.1) is 0 Å². The molecule has 1 saturated carbocycles. The molecule has 3 rings (SSSR count). The molecule has 3 heteroatoms. The fourth-order valence-electron chi connectivity index (χ4n) is 2.38. The predicted molar refractivity (Wildman–Crippen MR) is 57.0 cm³/mol. The van der Waals surface area contributed by atoms with Crippen LogP contribution in [-0.2, 0) is 12.8 Å². The van der Waals surface area contributed by atoms with Crippen LogP contribution in [0.4, 0.5) is 0 Å². The first-order valence-corrected chi connectivity index (χ1v) is 6.25. The summed E-state index contributed by atoms with van der Waals surface area (Å²) in [5.74, 6) is 0.854. The molecule has 1 aromatic rings. The predicted octanol–water partition coefficient (Wildman–Crippen LogP) is 2.46. The van der Waals surface area contributed by atoms with E-state index in [4.69, 9.17) is 5.21 Å². The average Bonchev–Trinajstić information content (AvgIpc) is 2.98. The summed E-state index contributed by atoms with van der Waals surface area (Å²) >= 11 is 1.92. The maximum absolute atomic E-state index is 8.95. The van der Waals surface area contributed by atoms with Crippen LogP contribution in [0, 0.1) is 0 Å². The summed E-state index contributed by atoms with van der Waals surface area (Å²) in [6.45, 7) is 0. The number of hydrogen-bond acceptors (Lipinski definition) is 3. The van der Waals surface area contributed by atoms with E-state index in [1.165, 1.54) is 12.8 Å². The van der Waals surface area contributed by atoms with Gasteiger partial charge in [0.2, 0.25) is 0 Å². The van der Waals surface area contributed by atoms with E-state index in [1.807, 2.05) is 11.3 Å². The second-order valence-electron chi connectivity index (χ2n) is 4.44. The molecule has 76 valence electrons. The molecule has 2 nitrogen and oxygen atoms in total. The van der Waals surface area contributed by atoms with Crippen LogP contribution in [0.25, 0.3) is 0 Å². The first-order valence-electron chi connectivity index (χ1n) is 5.37. The van der Waals surface area contributed by atoms with E-state index in [1.54, 1.807) is 16.0 Å². The summed E-state index contributed by atoms with van der Waals surface area (Å²) in [5, 5.41) is 11.3. The Morgan fingerprint density at radius 3 is 2.93 bits per heavy atom. The summed E-state index contributed by atoms with van der Waals surface area (Å²) in [6, 6.07) is 0.287. The Kier molecular flexibility index (Phi) is 2.11. The van der Waals surface area contributed by atoms with Gasteiger partial charge < -0.3 is 5.21 Å². The van der Waals surface area contributed by atoms with Crippen molar-refractivity contribution in [3.05, 3.63) is 21.4 Å². The largest absolute Gasteiger partial charge is 0.317 e. The maximum atomic E-state index is 8.95. The molecule has 0 aliphatic heterocycles. The van der Waals surface area contributed by atoms with Crippen LogP contribution in [0.3, 0.4) is 0 Å². The molecule has 2 aliphatic carbocycles. The van der Waals surface area contributed by atoms with Crippen molar-refractivity contribution in [3.63, 3.8) is 0 Å². The van der Waals surface area contributed by atoms with Crippen LogP contribution in [0.1, 0.15) is 41.2 Å². The SMILES string of the molecule is ONC1CCc2scc(C3CC3)c2C1. The molecular formula is C11H15NOS. The van der Waals surface area contributed by atoms with E-state index in [2.05, 4.69) is 10.9 Å². The van der Waals surface area contributed by atoms with Gasteiger partial charge in [-0.3, -0.25) is 0 Å². The molecule has 0 bridgehead atoms. The summed E-state index contributed by atoms with van der Waals surface area (Å²) in [5.41, 5.74) is 5.56. The van der Waals surface area contributed by atoms with Crippen molar-refractivity contribution in [2.24, 2.45) is 0 Å². The third kappa shape index (κ3) is 1.40. The van der Waals surface area contributed by atoms with E-state index >= 15 is 0 Å². The number of fused-ring (bicyclic) bond motifs is 1. The molecule has 14 heavy (non-hydrogen) atoms. The lowest BCUT2D eigenvalue weighted by molar-refractivity contribution is 0.119. The molecule has 0 saturated heterocycles. The molecule has 0 spiro atoms. The van der Waals surface area contributed by atoms with Gasteiger partial charge in [0.1, 0.15) is 0 Å². The van der Waals surface area contributed by atoms with Crippen molar-refractivity contribution in [2.45, 2.75) is 44.1 Å². The molecule has 1 aromatic heterocycles. The molecule has 1 atom stereocenters. The molecule has 1 heterocycles. The van der Waals surface area contributed by atoms with Crippen LogP contribution >= 0.6 is 11.3 Å². The minimum Gasteiger partial charge on any atom is -0.317 e. The summed E-state index contributed by atoms with van der Waals surface area (Å²) in [6.07, 6.45) is 6.00. The van der Waals surface area contributed by atoms with Gasteiger partial charge in [-0.2, -0.15) is 0 Å². The van der Waals surface area contributed by atoms with Crippen LogP contribution in [-0.4, -0.2) is 11.2 Å². The summed E-state index contributed by atoms with van der Waals surface area (Å²) in [4.78, 5) is 1.57. The van der Waals surface area contributed by atoms with Crippen LogP contribution < -0.4 is 5.48 Å². The minimum atomic E-state index is 0.287. The fraction of sp³-hybridized carbons (Fsp3) is 0.636. The third-order valence-electron chi connectivity index (χ3n) is 3.38. The van der Waals surface area contributed by atoms with Gasteiger partial charge in [-0.25, -0.2) is 5.48 Å². The van der Waals surface area contributed by atoms with Crippen molar-refractivity contribution in [1.29, 1.82) is 0 Å². The van der Waals surface area contributed by atoms with Gasteiger partial charge in [-0.05, 0) is 54.5 Å². The second-order valence-corrected chi connectivity index (χ2v) is 5.40. The first kappa shape index (κ1) is 8.89. The Morgan fingerprint density at radius 2 is 2.21 bits per heavy atom.